The Hall–Kier alpha value is -2.81. The van der Waals surface area contributed by atoms with E-state index in [1.165, 1.54) is 0 Å². The first kappa shape index (κ1) is 17.3. The molecule has 0 aromatic carbocycles. The van der Waals surface area contributed by atoms with E-state index >= 15 is 0 Å². The summed E-state index contributed by atoms with van der Waals surface area (Å²) in [6.45, 7) is 10.4. The van der Waals surface area contributed by atoms with Crippen molar-refractivity contribution in [2.75, 3.05) is 37.6 Å². The summed E-state index contributed by atoms with van der Waals surface area (Å²) in [4.78, 5) is 13.9. The molecule has 0 amide bonds. The van der Waals surface area contributed by atoms with Gasteiger partial charge < -0.3 is 9.80 Å². The molecule has 5 rings (SSSR count). The average Bonchev–Trinajstić information content (AvgIpc) is 3.44. The molecule has 2 atom stereocenters. The predicted molar refractivity (Wildman–Crippen MR) is 104 cm³/mol. The van der Waals surface area contributed by atoms with Crippen LogP contribution in [0.5, 0.6) is 0 Å². The third-order valence-corrected chi connectivity index (χ3v) is 5.87. The van der Waals surface area contributed by atoms with E-state index < -0.39 is 0 Å². The largest absolute Gasteiger partial charge is 0.356 e. The number of hydrogen-bond acceptors (Lipinski definition) is 7. The van der Waals surface area contributed by atoms with Gasteiger partial charge in [-0.3, -0.25) is 4.68 Å². The molecule has 0 bridgehead atoms. The minimum atomic E-state index is 0.697. The van der Waals surface area contributed by atoms with Crippen molar-refractivity contribution in [3.63, 3.8) is 0 Å². The lowest BCUT2D eigenvalue weighted by Crippen LogP contribution is -2.31. The maximum absolute atomic E-state index is 4.55. The second-order valence-corrected chi connectivity index (χ2v) is 7.92. The summed E-state index contributed by atoms with van der Waals surface area (Å²) in [5.74, 6) is 3.23. The lowest BCUT2D eigenvalue weighted by molar-refractivity contribution is 0.295. The molecule has 0 aliphatic carbocycles. The number of likely N-dealkylation sites (tertiary alicyclic amines) is 1. The van der Waals surface area contributed by atoms with Crippen molar-refractivity contribution in [3.8, 4) is 5.82 Å². The number of anilines is 1. The summed E-state index contributed by atoms with van der Waals surface area (Å²) >= 11 is 0. The Labute approximate surface area is 164 Å². The van der Waals surface area contributed by atoms with Gasteiger partial charge in [0.1, 0.15) is 12.1 Å². The van der Waals surface area contributed by atoms with Gasteiger partial charge >= 0.3 is 0 Å². The average molecular weight is 379 g/mol. The summed E-state index contributed by atoms with van der Waals surface area (Å²) in [5.41, 5.74) is 2.09. The molecular weight excluding hydrogens is 354 g/mol. The molecule has 5 heterocycles. The monoisotopic (exact) mass is 379 g/mol. The minimum Gasteiger partial charge on any atom is -0.356 e. The molecule has 28 heavy (non-hydrogen) atoms. The Balaban J connectivity index is 1.23. The lowest BCUT2D eigenvalue weighted by Gasteiger charge is -2.22. The predicted octanol–water partition coefficient (Wildman–Crippen LogP) is 0.939. The maximum atomic E-state index is 4.55. The zero-order chi connectivity index (χ0) is 19.1. The Morgan fingerprint density at radius 1 is 0.964 bits per heavy atom. The normalized spacial score (nSPS) is 22.1. The van der Waals surface area contributed by atoms with Gasteiger partial charge in [-0.25, -0.2) is 14.6 Å². The molecule has 2 aliphatic rings. The Morgan fingerprint density at radius 3 is 2.43 bits per heavy atom. The van der Waals surface area contributed by atoms with Crippen molar-refractivity contribution in [1.29, 1.82) is 0 Å². The molecule has 0 N–H and O–H groups in total. The van der Waals surface area contributed by atoms with E-state index in [4.69, 9.17) is 0 Å². The van der Waals surface area contributed by atoms with Crippen LogP contribution in [-0.2, 0) is 6.54 Å². The standard InChI is InChI=1S/C19H25N9/c1-14-7-15(2)28(23-14)19-8-18(20-13-21-19)26-11-16-9-25(10-17(16)12-26)5-6-27-4-3-22-24-27/h3-4,7-8,13,16-17H,5-6,9-12H2,1-2H3. The summed E-state index contributed by atoms with van der Waals surface area (Å²) < 4.78 is 3.80. The van der Waals surface area contributed by atoms with E-state index in [-0.39, 0.29) is 0 Å². The molecule has 2 saturated heterocycles. The Kier molecular flexibility index (Phi) is 4.31. The van der Waals surface area contributed by atoms with Gasteiger partial charge in [0.25, 0.3) is 0 Å². The molecule has 2 aliphatic heterocycles. The number of hydrogen-bond donors (Lipinski definition) is 0. The first-order valence-corrected chi connectivity index (χ1v) is 9.83. The molecule has 3 aromatic heterocycles. The highest BCUT2D eigenvalue weighted by atomic mass is 15.4. The van der Waals surface area contributed by atoms with E-state index in [0.29, 0.717) is 11.8 Å². The van der Waals surface area contributed by atoms with E-state index in [1.54, 1.807) is 12.5 Å². The quantitative estimate of drug-likeness (QED) is 0.652. The van der Waals surface area contributed by atoms with Gasteiger partial charge in [0.05, 0.1) is 18.4 Å². The maximum Gasteiger partial charge on any atom is 0.159 e. The van der Waals surface area contributed by atoms with Crippen LogP contribution in [0.15, 0.2) is 30.9 Å². The molecule has 3 aromatic rings. The van der Waals surface area contributed by atoms with Gasteiger partial charge in [0, 0.05) is 50.7 Å². The first-order chi connectivity index (χ1) is 13.7. The number of aromatic nitrogens is 7. The van der Waals surface area contributed by atoms with E-state index in [2.05, 4.69) is 54.2 Å². The van der Waals surface area contributed by atoms with Crippen LogP contribution in [0.2, 0.25) is 0 Å². The fraction of sp³-hybridized carbons (Fsp3) is 0.526. The van der Waals surface area contributed by atoms with Crippen molar-refractivity contribution in [2.24, 2.45) is 11.8 Å². The van der Waals surface area contributed by atoms with Crippen LogP contribution in [0.1, 0.15) is 11.4 Å². The van der Waals surface area contributed by atoms with Crippen LogP contribution in [-0.4, -0.2) is 72.4 Å². The summed E-state index contributed by atoms with van der Waals surface area (Å²) in [7, 11) is 0. The first-order valence-electron chi connectivity index (χ1n) is 9.83. The molecule has 2 fully saturated rings. The van der Waals surface area contributed by atoms with Gasteiger partial charge in [0.15, 0.2) is 5.82 Å². The van der Waals surface area contributed by atoms with Crippen LogP contribution in [0.25, 0.3) is 5.82 Å². The number of rotatable bonds is 5. The molecule has 0 saturated carbocycles. The number of nitrogens with zero attached hydrogens (tertiary/aromatic N) is 9. The van der Waals surface area contributed by atoms with Gasteiger partial charge in [-0.2, -0.15) is 5.10 Å². The lowest BCUT2D eigenvalue weighted by atomic mass is 10.0. The number of fused-ring (bicyclic) bond motifs is 1. The topological polar surface area (TPSA) is 80.8 Å². The van der Waals surface area contributed by atoms with E-state index in [1.807, 2.05) is 22.5 Å². The van der Waals surface area contributed by atoms with Crippen LogP contribution in [0, 0.1) is 25.7 Å². The highest BCUT2D eigenvalue weighted by molar-refractivity contribution is 5.45. The van der Waals surface area contributed by atoms with Crippen molar-refractivity contribution in [3.05, 3.63) is 42.2 Å². The van der Waals surface area contributed by atoms with Crippen molar-refractivity contribution >= 4 is 5.82 Å². The zero-order valence-corrected chi connectivity index (χ0v) is 16.3. The van der Waals surface area contributed by atoms with Crippen molar-refractivity contribution < 1.29 is 0 Å². The molecule has 0 radical (unpaired) electrons. The van der Waals surface area contributed by atoms with E-state index in [0.717, 1.165) is 62.3 Å². The van der Waals surface area contributed by atoms with Crippen LogP contribution >= 0.6 is 0 Å². The molecule has 146 valence electrons. The summed E-state index contributed by atoms with van der Waals surface area (Å²) in [6, 6.07) is 4.12. The van der Waals surface area contributed by atoms with Gasteiger partial charge in [-0.1, -0.05) is 5.21 Å². The summed E-state index contributed by atoms with van der Waals surface area (Å²) in [5, 5.41) is 12.5. The van der Waals surface area contributed by atoms with Crippen LogP contribution in [0.3, 0.4) is 0 Å². The van der Waals surface area contributed by atoms with Crippen molar-refractivity contribution in [1.82, 2.24) is 39.6 Å². The van der Waals surface area contributed by atoms with Crippen LogP contribution in [0.4, 0.5) is 5.82 Å². The summed E-state index contributed by atoms with van der Waals surface area (Å²) in [6.07, 6.45) is 5.31. The van der Waals surface area contributed by atoms with Crippen molar-refractivity contribution in [2.45, 2.75) is 20.4 Å². The van der Waals surface area contributed by atoms with Gasteiger partial charge in [-0.05, 0) is 31.7 Å². The second-order valence-electron chi connectivity index (χ2n) is 7.92. The second kappa shape index (κ2) is 6.97. The smallest absolute Gasteiger partial charge is 0.159 e. The third-order valence-electron chi connectivity index (χ3n) is 5.87. The minimum absolute atomic E-state index is 0.697. The highest BCUT2D eigenvalue weighted by Crippen LogP contribution is 2.33. The van der Waals surface area contributed by atoms with Gasteiger partial charge in [0.2, 0.25) is 0 Å². The molecule has 0 spiro atoms. The molecule has 9 nitrogen and oxygen atoms in total. The van der Waals surface area contributed by atoms with Crippen LogP contribution < -0.4 is 4.90 Å². The van der Waals surface area contributed by atoms with Gasteiger partial charge in [-0.15, -0.1) is 5.10 Å². The molecular formula is C19H25N9. The molecule has 2 unspecified atom stereocenters. The SMILES string of the molecule is Cc1cc(C)n(-c2cc(N3CC4CN(CCn5ccnn5)CC4C3)ncn2)n1. The third kappa shape index (κ3) is 3.26. The fourth-order valence-electron chi connectivity index (χ4n) is 4.54. The Morgan fingerprint density at radius 2 is 1.75 bits per heavy atom. The number of aryl methyl sites for hydroxylation is 2. The molecule has 9 heteroatoms. The fourth-order valence-corrected chi connectivity index (χ4v) is 4.54. The highest BCUT2D eigenvalue weighted by Gasteiger charge is 2.40. The zero-order valence-electron chi connectivity index (χ0n) is 16.3. The van der Waals surface area contributed by atoms with E-state index in [9.17, 15) is 0 Å². The Bertz CT molecular complexity index is 934.